The molecule has 21 heavy (non-hydrogen) atoms. The van der Waals surface area contributed by atoms with Crippen molar-refractivity contribution in [3.8, 4) is 11.5 Å². The zero-order valence-corrected chi connectivity index (χ0v) is 11.2. The highest BCUT2D eigenvalue weighted by Gasteiger charge is 2.21. The Morgan fingerprint density at radius 3 is 2.19 bits per heavy atom. The number of halogens is 3. The third kappa shape index (κ3) is 2.69. The molecule has 0 N–H and O–H groups in total. The maximum Gasteiger partial charge on any atom is 0.196 e. The summed E-state index contributed by atoms with van der Waals surface area (Å²) in [7, 11) is 2.80. The number of benzene rings is 2. The Bertz CT molecular complexity index is 699. The molecule has 0 saturated carbocycles. The van der Waals surface area contributed by atoms with Crippen LogP contribution in [0.3, 0.4) is 0 Å². The summed E-state index contributed by atoms with van der Waals surface area (Å²) < 4.78 is 49.7. The smallest absolute Gasteiger partial charge is 0.196 e. The molecule has 0 aliphatic rings. The maximum atomic E-state index is 13.6. The molecule has 0 heterocycles. The second-order valence-electron chi connectivity index (χ2n) is 4.12. The minimum Gasteiger partial charge on any atom is -0.493 e. The molecule has 2 rings (SSSR count). The first-order valence-corrected chi connectivity index (χ1v) is 5.89. The fourth-order valence-electron chi connectivity index (χ4n) is 1.83. The molecule has 0 saturated heterocycles. The summed E-state index contributed by atoms with van der Waals surface area (Å²) in [6.07, 6.45) is 0. The molecule has 0 spiro atoms. The third-order valence-corrected chi connectivity index (χ3v) is 2.93. The van der Waals surface area contributed by atoms with E-state index in [4.69, 9.17) is 9.47 Å². The number of ketones is 1. The van der Waals surface area contributed by atoms with Crippen LogP contribution in [0.15, 0.2) is 30.3 Å². The van der Waals surface area contributed by atoms with Crippen LogP contribution in [0.1, 0.15) is 15.9 Å². The van der Waals surface area contributed by atoms with Crippen LogP contribution >= 0.6 is 0 Å². The number of ether oxygens (including phenoxy) is 2. The van der Waals surface area contributed by atoms with Gasteiger partial charge in [-0.25, -0.2) is 13.2 Å². The van der Waals surface area contributed by atoms with Gasteiger partial charge in [0.25, 0.3) is 0 Å². The number of hydrogen-bond acceptors (Lipinski definition) is 3. The lowest BCUT2D eigenvalue weighted by Crippen LogP contribution is -2.07. The third-order valence-electron chi connectivity index (χ3n) is 2.93. The standard InChI is InChI=1S/C15H11F3O3/c1-20-11-6-3-8(7-12(11)21-2)15(19)9-4-5-10(16)14(18)13(9)17/h3-7H,1-2H3. The molecule has 2 aromatic carbocycles. The average Bonchev–Trinajstić information content (AvgIpc) is 2.51. The van der Waals surface area contributed by atoms with E-state index in [1.54, 1.807) is 0 Å². The Labute approximate surface area is 118 Å². The minimum absolute atomic E-state index is 0.0672. The van der Waals surface area contributed by atoms with Gasteiger partial charge in [0, 0.05) is 5.56 Å². The number of rotatable bonds is 4. The van der Waals surface area contributed by atoms with E-state index < -0.39 is 28.8 Å². The van der Waals surface area contributed by atoms with E-state index in [1.807, 2.05) is 0 Å². The second kappa shape index (κ2) is 5.87. The van der Waals surface area contributed by atoms with Crippen molar-refractivity contribution in [2.45, 2.75) is 0 Å². The summed E-state index contributed by atoms with van der Waals surface area (Å²) in [5, 5.41) is 0. The molecular formula is C15H11F3O3. The molecule has 0 aliphatic heterocycles. The summed E-state index contributed by atoms with van der Waals surface area (Å²) in [5.41, 5.74) is -0.487. The Morgan fingerprint density at radius 1 is 0.905 bits per heavy atom. The zero-order chi connectivity index (χ0) is 15.6. The van der Waals surface area contributed by atoms with Gasteiger partial charge in [0.15, 0.2) is 34.7 Å². The molecule has 6 heteroatoms. The first kappa shape index (κ1) is 14.9. The zero-order valence-electron chi connectivity index (χ0n) is 11.2. The molecule has 0 atom stereocenters. The van der Waals surface area contributed by atoms with Gasteiger partial charge in [-0.05, 0) is 30.3 Å². The van der Waals surface area contributed by atoms with Gasteiger partial charge in [0.1, 0.15) is 0 Å². The SMILES string of the molecule is COc1ccc(C(=O)c2ccc(F)c(F)c2F)cc1OC. The van der Waals surface area contributed by atoms with Crippen molar-refractivity contribution < 1.29 is 27.4 Å². The van der Waals surface area contributed by atoms with Crippen LogP contribution in [-0.4, -0.2) is 20.0 Å². The Balaban J connectivity index is 2.48. The topological polar surface area (TPSA) is 35.5 Å². The van der Waals surface area contributed by atoms with Crippen LogP contribution in [0, 0.1) is 17.5 Å². The van der Waals surface area contributed by atoms with Crippen molar-refractivity contribution >= 4 is 5.78 Å². The highest BCUT2D eigenvalue weighted by molar-refractivity contribution is 6.09. The highest BCUT2D eigenvalue weighted by Crippen LogP contribution is 2.29. The van der Waals surface area contributed by atoms with E-state index in [9.17, 15) is 18.0 Å². The Kier molecular flexibility index (Phi) is 4.16. The fourth-order valence-corrected chi connectivity index (χ4v) is 1.83. The first-order valence-electron chi connectivity index (χ1n) is 5.89. The van der Waals surface area contributed by atoms with E-state index in [-0.39, 0.29) is 11.3 Å². The van der Waals surface area contributed by atoms with Crippen molar-refractivity contribution in [3.63, 3.8) is 0 Å². The molecule has 3 nitrogen and oxygen atoms in total. The van der Waals surface area contributed by atoms with Crippen LogP contribution in [0.25, 0.3) is 0 Å². The maximum absolute atomic E-state index is 13.6. The molecule has 0 aliphatic carbocycles. The average molecular weight is 296 g/mol. The largest absolute Gasteiger partial charge is 0.493 e. The van der Waals surface area contributed by atoms with Gasteiger partial charge in [-0.1, -0.05) is 0 Å². The molecule has 0 bridgehead atoms. The van der Waals surface area contributed by atoms with Crippen LogP contribution in [0.2, 0.25) is 0 Å². The number of carbonyl (C=O) groups excluding carboxylic acids is 1. The van der Waals surface area contributed by atoms with Gasteiger partial charge in [0.2, 0.25) is 0 Å². The van der Waals surface area contributed by atoms with E-state index in [1.165, 1.54) is 32.4 Å². The van der Waals surface area contributed by atoms with Gasteiger partial charge < -0.3 is 9.47 Å². The molecule has 0 unspecified atom stereocenters. The van der Waals surface area contributed by atoms with Crippen molar-refractivity contribution in [3.05, 3.63) is 58.9 Å². The first-order chi connectivity index (χ1) is 9.99. The molecule has 0 amide bonds. The molecule has 0 aromatic heterocycles. The van der Waals surface area contributed by atoms with Gasteiger partial charge in [-0.2, -0.15) is 0 Å². The van der Waals surface area contributed by atoms with Gasteiger partial charge >= 0.3 is 0 Å². The fraction of sp³-hybridized carbons (Fsp3) is 0.133. The van der Waals surface area contributed by atoms with Crippen LogP contribution < -0.4 is 9.47 Å². The summed E-state index contributed by atoms with van der Waals surface area (Å²) >= 11 is 0. The lowest BCUT2D eigenvalue weighted by atomic mass is 10.0. The predicted octanol–water partition coefficient (Wildman–Crippen LogP) is 3.35. The molecule has 110 valence electrons. The van der Waals surface area contributed by atoms with Crippen LogP contribution in [-0.2, 0) is 0 Å². The predicted molar refractivity (Wildman–Crippen MR) is 69.3 cm³/mol. The van der Waals surface area contributed by atoms with Crippen molar-refractivity contribution in [1.82, 2.24) is 0 Å². The quantitative estimate of drug-likeness (QED) is 0.641. The summed E-state index contributed by atoms with van der Waals surface area (Å²) in [6, 6.07) is 5.77. The highest BCUT2D eigenvalue weighted by atomic mass is 19.2. The lowest BCUT2D eigenvalue weighted by molar-refractivity contribution is 0.103. The number of hydrogen-bond donors (Lipinski definition) is 0. The van der Waals surface area contributed by atoms with Crippen molar-refractivity contribution in [2.24, 2.45) is 0 Å². The minimum atomic E-state index is -1.68. The Hall–Kier alpha value is -2.50. The second-order valence-corrected chi connectivity index (χ2v) is 4.12. The van der Waals surface area contributed by atoms with Gasteiger partial charge in [-0.15, -0.1) is 0 Å². The van der Waals surface area contributed by atoms with Crippen molar-refractivity contribution in [1.29, 1.82) is 0 Å². The summed E-state index contributed by atoms with van der Waals surface area (Å²) in [6.45, 7) is 0. The van der Waals surface area contributed by atoms with Gasteiger partial charge in [-0.3, -0.25) is 4.79 Å². The van der Waals surface area contributed by atoms with Crippen molar-refractivity contribution in [2.75, 3.05) is 14.2 Å². The van der Waals surface area contributed by atoms with E-state index >= 15 is 0 Å². The van der Waals surface area contributed by atoms with E-state index in [2.05, 4.69) is 0 Å². The van der Waals surface area contributed by atoms with E-state index in [0.717, 1.165) is 6.07 Å². The van der Waals surface area contributed by atoms with Crippen LogP contribution in [0.4, 0.5) is 13.2 Å². The number of methoxy groups -OCH3 is 2. The monoisotopic (exact) mass is 296 g/mol. The summed E-state index contributed by atoms with van der Waals surface area (Å²) in [4.78, 5) is 12.2. The normalized spacial score (nSPS) is 10.3. The number of carbonyl (C=O) groups is 1. The molecule has 0 fully saturated rings. The molecule has 0 radical (unpaired) electrons. The van der Waals surface area contributed by atoms with Gasteiger partial charge in [0.05, 0.1) is 19.8 Å². The lowest BCUT2D eigenvalue weighted by Gasteiger charge is -2.09. The Morgan fingerprint density at radius 2 is 1.57 bits per heavy atom. The molecular weight excluding hydrogens is 285 g/mol. The van der Waals surface area contributed by atoms with Crippen LogP contribution in [0.5, 0.6) is 11.5 Å². The molecule has 2 aromatic rings. The van der Waals surface area contributed by atoms with E-state index in [0.29, 0.717) is 11.8 Å². The summed E-state index contributed by atoms with van der Waals surface area (Å²) in [5.74, 6) is -4.68.